The van der Waals surface area contributed by atoms with Crippen LogP contribution in [-0.2, 0) is 28.0 Å². The van der Waals surface area contributed by atoms with E-state index in [9.17, 15) is 8.42 Å². The Bertz CT molecular complexity index is 1200. The van der Waals surface area contributed by atoms with Crippen LogP contribution in [0.3, 0.4) is 0 Å². The number of aromatic nitrogens is 1. The number of nitrogens with zero attached hydrogens (tertiary/aromatic N) is 2. The summed E-state index contributed by atoms with van der Waals surface area (Å²) < 4.78 is 40.3. The lowest BCUT2D eigenvalue weighted by Crippen LogP contribution is -2.31. The van der Waals surface area contributed by atoms with Gasteiger partial charge >= 0.3 is 0 Å². The third-order valence-electron chi connectivity index (χ3n) is 6.03. The summed E-state index contributed by atoms with van der Waals surface area (Å²) in [6.07, 6.45) is 1.47. The first-order valence-corrected chi connectivity index (χ1v) is 12.2. The van der Waals surface area contributed by atoms with Gasteiger partial charge in [0.15, 0.2) is 0 Å². The fraction of sp³-hybridized carbons (Fsp3) is 0.375. The molecule has 0 spiro atoms. The molecule has 0 radical (unpaired) electrons. The SMILES string of the molecule is CC(C)c1oc(C2CCCN2S(=O)(=O)c2ccc3c(c2)COC3)nc1-c1ccccc1. The first-order chi connectivity index (χ1) is 14.9. The molecule has 1 aromatic heterocycles. The van der Waals surface area contributed by atoms with Crippen LogP contribution in [0.25, 0.3) is 11.3 Å². The van der Waals surface area contributed by atoms with Gasteiger partial charge in [0, 0.05) is 18.0 Å². The highest BCUT2D eigenvalue weighted by Gasteiger charge is 2.40. The molecular weight excluding hydrogens is 412 g/mol. The van der Waals surface area contributed by atoms with Gasteiger partial charge in [-0.25, -0.2) is 13.4 Å². The number of benzene rings is 2. The first-order valence-electron chi connectivity index (χ1n) is 10.7. The molecule has 3 aromatic rings. The normalized spacial score (nSPS) is 19.3. The molecule has 2 aromatic carbocycles. The van der Waals surface area contributed by atoms with Crippen LogP contribution in [0, 0.1) is 0 Å². The van der Waals surface area contributed by atoms with Crippen molar-refractivity contribution in [1.29, 1.82) is 0 Å². The molecular formula is C24H26N2O4S. The van der Waals surface area contributed by atoms with Crippen molar-refractivity contribution >= 4 is 10.0 Å². The monoisotopic (exact) mass is 438 g/mol. The number of rotatable bonds is 5. The third-order valence-corrected chi connectivity index (χ3v) is 7.93. The molecule has 6 nitrogen and oxygen atoms in total. The van der Waals surface area contributed by atoms with Crippen molar-refractivity contribution in [3.05, 3.63) is 71.3 Å². The van der Waals surface area contributed by atoms with E-state index in [-0.39, 0.29) is 5.92 Å². The molecule has 31 heavy (non-hydrogen) atoms. The lowest BCUT2D eigenvalue weighted by atomic mass is 10.0. The van der Waals surface area contributed by atoms with Crippen LogP contribution in [0.15, 0.2) is 57.8 Å². The zero-order valence-corrected chi connectivity index (χ0v) is 18.6. The highest BCUT2D eigenvalue weighted by atomic mass is 32.2. The lowest BCUT2D eigenvalue weighted by Gasteiger charge is -2.22. The highest BCUT2D eigenvalue weighted by molar-refractivity contribution is 7.89. The molecule has 7 heteroatoms. The second kappa shape index (κ2) is 7.89. The van der Waals surface area contributed by atoms with Crippen molar-refractivity contribution in [2.45, 2.75) is 56.8 Å². The Morgan fingerprint density at radius 3 is 2.61 bits per heavy atom. The van der Waals surface area contributed by atoms with E-state index in [0.29, 0.717) is 37.0 Å². The zero-order valence-electron chi connectivity index (χ0n) is 17.7. The van der Waals surface area contributed by atoms with Crippen molar-refractivity contribution in [3.63, 3.8) is 0 Å². The van der Waals surface area contributed by atoms with E-state index in [1.807, 2.05) is 36.4 Å². The molecule has 0 amide bonds. The third kappa shape index (κ3) is 3.60. The zero-order chi connectivity index (χ0) is 21.6. The Kier molecular flexibility index (Phi) is 5.20. The topological polar surface area (TPSA) is 72.6 Å². The van der Waals surface area contributed by atoms with E-state index in [1.54, 1.807) is 16.4 Å². The molecule has 2 aliphatic heterocycles. The van der Waals surface area contributed by atoms with Crippen molar-refractivity contribution in [1.82, 2.24) is 9.29 Å². The van der Waals surface area contributed by atoms with Gasteiger partial charge in [-0.1, -0.05) is 50.2 Å². The van der Waals surface area contributed by atoms with Gasteiger partial charge in [-0.15, -0.1) is 0 Å². The smallest absolute Gasteiger partial charge is 0.243 e. The van der Waals surface area contributed by atoms with Crippen molar-refractivity contribution in [2.24, 2.45) is 0 Å². The number of oxazole rings is 1. The Morgan fingerprint density at radius 1 is 1.06 bits per heavy atom. The van der Waals surface area contributed by atoms with E-state index in [1.165, 1.54) is 0 Å². The molecule has 1 atom stereocenters. The van der Waals surface area contributed by atoms with E-state index in [4.69, 9.17) is 14.1 Å². The van der Waals surface area contributed by atoms with Crippen molar-refractivity contribution in [2.75, 3.05) is 6.54 Å². The van der Waals surface area contributed by atoms with Gasteiger partial charge in [0.25, 0.3) is 0 Å². The number of fused-ring (bicyclic) bond motifs is 1. The quantitative estimate of drug-likeness (QED) is 0.559. The van der Waals surface area contributed by atoms with Crippen LogP contribution in [-0.4, -0.2) is 24.3 Å². The molecule has 2 aliphatic rings. The van der Waals surface area contributed by atoms with Gasteiger partial charge < -0.3 is 9.15 Å². The summed E-state index contributed by atoms with van der Waals surface area (Å²) >= 11 is 0. The van der Waals surface area contributed by atoms with Gasteiger partial charge in [0.1, 0.15) is 17.5 Å². The number of hydrogen-bond acceptors (Lipinski definition) is 5. The summed E-state index contributed by atoms with van der Waals surface area (Å²) in [5.41, 5.74) is 3.77. The molecule has 162 valence electrons. The van der Waals surface area contributed by atoms with E-state index >= 15 is 0 Å². The largest absolute Gasteiger partial charge is 0.443 e. The molecule has 1 unspecified atom stereocenters. The van der Waals surface area contributed by atoms with E-state index in [0.717, 1.165) is 34.6 Å². The van der Waals surface area contributed by atoms with Gasteiger partial charge in [0.05, 0.1) is 18.1 Å². The van der Waals surface area contributed by atoms with Gasteiger partial charge in [-0.05, 0) is 36.1 Å². The lowest BCUT2D eigenvalue weighted by molar-refractivity contribution is 0.134. The molecule has 0 bridgehead atoms. The Labute approximate surface area is 182 Å². The highest BCUT2D eigenvalue weighted by Crippen LogP contribution is 2.40. The second-order valence-electron chi connectivity index (χ2n) is 8.48. The van der Waals surface area contributed by atoms with Crippen LogP contribution in [0.4, 0.5) is 0 Å². The van der Waals surface area contributed by atoms with Gasteiger partial charge in [-0.2, -0.15) is 4.31 Å². The summed E-state index contributed by atoms with van der Waals surface area (Å²) in [6, 6.07) is 14.8. The maximum atomic E-state index is 13.5. The summed E-state index contributed by atoms with van der Waals surface area (Å²) in [5, 5.41) is 0. The molecule has 0 aliphatic carbocycles. The maximum Gasteiger partial charge on any atom is 0.243 e. The first kappa shape index (κ1) is 20.4. The molecule has 0 saturated carbocycles. The van der Waals surface area contributed by atoms with Crippen LogP contribution in [0.2, 0.25) is 0 Å². The minimum absolute atomic E-state index is 0.139. The number of ether oxygens (including phenoxy) is 1. The van der Waals surface area contributed by atoms with Crippen LogP contribution in [0.1, 0.15) is 61.4 Å². The van der Waals surface area contributed by atoms with Gasteiger partial charge in [0.2, 0.25) is 15.9 Å². The molecule has 1 fully saturated rings. The minimum atomic E-state index is -3.67. The Balaban J connectivity index is 1.52. The molecule has 5 rings (SSSR count). The predicted octanol–water partition coefficient (Wildman–Crippen LogP) is 5.02. The summed E-state index contributed by atoms with van der Waals surface area (Å²) in [4.78, 5) is 5.11. The van der Waals surface area contributed by atoms with Gasteiger partial charge in [-0.3, -0.25) is 0 Å². The summed E-state index contributed by atoms with van der Waals surface area (Å²) in [7, 11) is -3.67. The Hall–Kier alpha value is -2.48. The maximum absolute atomic E-state index is 13.5. The molecule has 3 heterocycles. The molecule has 1 saturated heterocycles. The summed E-state index contributed by atoms with van der Waals surface area (Å²) in [5.74, 6) is 1.41. The number of hydrogen-bond donors (Lipinski definition) is 0. The average molecular weight is 439 g/mol. The van der Waals surface area contributed by atoms with Crippen LogP contribution in [0.5, 0.6) is 0 Å². The van der Waals surface area contributed by atoms with Crippen LogP contribution < -0.4 is 0 Å². The second-order valence-corrected chi connectivity index (χ2v) is 10.4. The van der Waals surface area contributed by atoms with Crippen molar-refractivity contribution in [3.8, 4) is 11.3 Å². The van der Waals surface area contributed by atoms with E-state index < -0.39 is 16.1 Å². The van der Waals surface area contributed by atoms with E-state index in [2.05, 4.69) is 13.8 Å². The Morgan fingerprint density at radius 2 is 1.84 bits per heavy atom. The number of sulfonamides is 1. The van der Waals surface area contributed by atoms with Crippen molar-refractivity contribution < 1.29 is 17.6 Å². The average Bonchev–Trinajstić information content (AvgIpc) is 3.52. The minimum Gasteiger partial charge on any atom is -0.443 e. The summed E-state index contributed by atoms with van der Waals surface area (Å²) in [6.45, 7) is 5.58. The fourth-order valence-electron chi connectivity index (χ4n) is 4.40. The van der Waals surface area contributed by atoms with Crippen LogP contribution >= 0.6 is 0 Å². The standard InChI is InChI=1S/C24H26N2O4S/c1-16(2)23-22(17-7-4-3-5-8-17)25-24(30-23)21-9-6-12-26(21)31(27,28)20-11-10-18-14-29-15-19(18)13-20/h3-5,7-8,10-11,13,16,21H,6,9,12,14-15H2,1-2H3. The predicted molar refractivity (Wildman–Crippen MR) is 117 cm³/mol. The fourth-order valence-corrected chi connectivity index (χ4v) is 6.11. The molecule has 0 N–H and O–H groups in total.